The molecule has 0 fully saturated rings. The van der Waals surface area contributed by atoms with E-state index in [0.29, 0.717) is 5.56 Å². The Morgan fingerprint density at radius 1 is 1.33 bits per heavy atom. The number of Topliss-reactive ketones (excluding diaryl/α,β-unsaturated/α-hetero) is 1. The van der Waals surface area contributed by atoms with Crippen molar-refractivity contribution >= 4 is 11.9 Å². The Labute approximate surface area is 153 Å². The topological polar surface area (TPSA) is 55.4 Å². The molecule has 116 valence electrons. The molecule has 4 nitrogen and oxygen atoms in total. The number of hydrogen-bond donors (Lipinski definition) is 1. The number of carbonyl (C=O) groups excluding carboxylic acids is 2. The van der Waals surface area contributed by atoms with Crippen LogP contribution in [0.25, 0.3) is 0 Å². The van der Waals surface area contributed by atoms with Gasteiger partial charge in [-0.05, 0) is 31.9 Å². The smallest absolute Gasteiger partial charge is 0.408 e. The summed E-state index contributed by atoms with van der Waals surface area (Å²) in [5.41, 5.74) is 0.467. The van der Waals surface area contributed by atoms with E-state index < -0.39 is 29.7 Å². The van der Waals surface area contributed by atoms with E-state index in [4.69, 9.17) is 4.74 Å². The van der Waals surface area contributed by atoms with Crippen LogP contribution in [0.3, 0.4) is 0 Å². The molecule has 1 aromatic carbocycles. The number of hydrogen-bond acceptors (Lipinski definition) is 3. The summed E-state index contributed by atoms with van der Waals surface area (Å²) in [5, 5.41) is 2.45. The van der Waals surface area contributed by atoms with E-state index in [1.807, 2.05) is 0 Å². The Bertz CT molecular complexity index is 542. The molecule has 1 amide bonds. The second-order valence-electron chi connectivity index (χ2n) is 5.87. The van der Waals surface area contributed by atoms with Gasteiger partial charge in [0.1, 0.15) is 5.60 Å². The summed E-state index contributed by atoms with van der Waals surface area (Å²) in [6.07, 6.45) is -2.11. The van der Waals surface area contributed by atoms with Crippen LogP contribution in [0.4, 0.5) is 9.18 Å². The molecule has 1 aliphatic carbocycles. The summed E-state index contributed by atoms with van der Waals surface area (Å²) in [4.78, 5) is 23.6. The Hall–Kier alpha value is -0.650. The van der Waals surface area contributed by atoms with Gasteiger partial charge in [0.2, 0.25) is 0 Å². The Morgan fingerprint density at radius 2 is 1.95 bits per heavy atom. The molecule has 1 N–H and O–H groups in total. The predicted molar refractivity (Wildman–Crippen MR) is 72.2 cm³/mol. The van der Waals surface area contributed by atoms with Crippen molar-refractivity contribution < 1.29 is 56.5 Å². The number of rotatable bonds is 1. The standard InChI is InChI=1S/C15H18FNO3.Ar/c1-15(2,3)20-14(19)17-11-8-9-6-4-5-7-10(9)12(16)13(11)18;/h4-7,11-12H,8H2,1-3H3,(H,17,19);. The first-order valence-corrected chi connectivity index (χ1v) is 6.53. The first kappa shape index (κ1) is 18.4. The number of amides is 1. The van der Waals surface area contributed by atoms with E-state index in [2.05, 4.69) is 5.32 Å². The van der Waals surface area contributed by atoms with Crippen LogP contribution in [-0.4, -0.2) is 23.5 Å². The molecular formula is C15H18ArFNO3. The number of halogens is 1. The number of alkyl carbamates (subject to hydrolysis) is 1. The van der Waals surface area contributed by atoms with Gasteiger partial charge in [0.15, 0.2) is 12.0 Å². The van der Waals surface area contributed by atoms with Gasteiger partial charge in [-0.2, -0.15) is 0 Å². The monoisotopic (exact) mass is 319 g/mol. The van der Waals surface area contributed by atoms with Crippen LogP contribution in [0.2, 0.25) is 0 Å². The molecule has 0 aromatic heterocycles. The molecule has 0 bridgehead atoms. The zero-order valence-corrected chi connectivity index (χ0v) is 12.8. The van der Waals surface area contributed by atoms with Crippen LogP contribution >= 0.6 is 0 Å². The van der Waals surface area contributed by atoms with Gasteiger partial charge in [0.05, 0.1) is 6.04 Å². The van der Waals surface area contributed by atoms with E-state index in [0.717, 1.165) is 5.56 Å². The van der Waals surface area contributed by atoms with Crippen LogP contribution in [0.15, 0.2) is 24.3 Å². The van der Waals surface area contributed by atoms with Gasteiger partial charge in [0, 0.05) is 44.2 Å². The maximum absolute atomic E-state index is 14.1. The maximum atomic E-state index is 14.1. The summed E-state index contributed by atoms with van der Waals surface area (Å²) in [7, 11) is 0. The molecule has 1 aliphatic rings. The van der Waals surface area contributed by atoms with Gasteiger partial charge < -0.3 is 10.1 Å². The van der Waals surface area contributed by atoms with Crippen molar-refractivity contribution in [3.05, 3.63) is 35.4 Å². The average Bonchev–Trinajstić information content (AvgIpc) is 2.33. The Kier molecular flexibility index (Phi) is 6.20. The molecule has 2 unspecified atom stereocenters. The number of ketones is 1. The number of alkyl halides is 1. The van der Waals surface area contributed by atoms with Crippen LogP contribution in [0.1, 0.15) is 38.1 Å². The second kappa shape index (κ2) is 7.07. The zero-order valence-electron chi connectivity index (χ0n) is 12.1. The number of benzene rings is 1. The normalized spacial score (nSPS) is 21.0. The zero-order chi connectivity index (χ0) is 14.9. The first-order chi connectivity index (χ1) is 9.28. The first-order valence-electron chi connectivity index (χ1n) is 6.53. The summed E-state index contributed by atoms with van der Waals surface area (Å²) in [5.74, 6) is -0.630. The molecule has 0 heterocycles. The molecular weight excluding hydrogens is 301 g/mol. The second-order valence-corrected chi connectivity index (χ2v) is 5.87. The number of nitrogens with one attached hydrogen (secondary N) is 1. The number of carbonyl (C=O) groups is 2. The van der Waals surface area contributed by atoms with E-state index in [-0.39, 0.29) is 44.2 Å². The molecule has 2 rings (SSSR count). The molecule has 0 aliphatic heterocycles. The molecule has 0 saturated heterocycles. The summed E-state index contributed by atoms with van der Waals surface area (Å²) < 4.78 is 19.2. The summed E-state index contributed by atoms with van der Waals surface area (Å²) in [6, 6.07) is 5.96. The van der Waals surface area contributed by atoms with Crippen molar-refractivity contribution in [1.29, 1.82) is 0 Å². The van der Waals surface area contributed by atoms with Gasteiger partial charge in [0.25, 0.3) is 0 Å². The van der Waals surface area contributed by atoms with Gasteiger partial charge in [-0.25, -0.2) is 9.18 Å². The minimum atomic E-state index is -1.69. The van der Waals surface area contributed by atoms with Crippen LogP contribution in [-0.2, 0) is 16.0 Å². The third-order valence-electron chi connectivity index (χ3n) is 3.04. The summed E-state index contributed by atoms with van der Waals surface area (Å²) >= 11 is 0. The van der Waals surface area contributed by atoms with Crippen molar-refractivity contribution in [3.63, 3.8) is 0 Å². The predicted octanol–water partition coefficient (Wildman–Crippen LogP) is 2.72. The van der Waals surface area contributed by atoms with Gasteiger partial charge in [-0.1, -0.05) is 24.3 Å². The minimum Gasteiger partial charge on any atom is -0.444 e. The third-order valence-corrected chi connectivity index (χ3v) is 3.04. The van der Waals surface area contributed by atoms with E-state index in [1.165, 1.54) is 0 Å². The fraction of sp³-hybridized carbons (Fsp3) is 0.467. The molecule has 21 heavy (non-hydrogen) atoms. The van der Waals surface area contributed by atoms with Crippen molar-refractivity contribution in [3.8, 4) is 0 Å². The van der Waals surface area contributed by atoms with Crippen molar-refractivity contribution in [2.75, 3.05) is 0 Å². The molecule has 0 spiro atoms. The van der Waals surface area contributed by atoms with Crippen molar-refractivity contribution in [1.82, 2.24) is 5.32 Å². The minimum absolute atomic E-state index is 0. The summed E-state index contributed by atoms with van der Waals surface area (Å²) in [6.45, 7) is 5.17. The molecule has 0 saturated carbocycles. The average molecular weight is 319 g/mol. The Morgan fingerprint density at radius 3 is 2.57 bits per heavy atom. The molecule has 2 atom stereocenters. The van der Waals surface area contributed by atoms with Gasteiger partial charge >= 0.3 is 6.09 Å². The molecule has 6 heteroatoms. The fourth-order valence-corrected chi connectivity index (χ4v) is 2.19. The fourth-order valence-electron chi connectivity index (χ4n) is 2.19. The molecule has 0 radical (unpaired) electrons. The quantitative estimate of drug-likeness (QED) is 0.866. The van der Waals surface area contributed by atoms with Crippen LogP contribution in [0.5, 0.6) is 0 Å². The van der Waals surface area contributed by atoms with E-state index in [9.17, 15) is 14.0 Å². The van der Waals surface area contributed by atoms with E-state index in [1.54, 1.807) is 45.0 Å². The van der Waals surface area contributed by atoms with Crippen LogP contribution in [0, 0.1) is 37.7 Å². The van der Waals surface area contributed by atoms with Crippen LogP contribution < -0.4 is 5.32 Å². The number of ether oxygens (including phenoxy) is 1. The van der Waals surface area contributed by atoms with Gasteiger partial charge in [-0.3, -0.25) is 4.79 Å². The van der Waals surface area contributed by atoms with E-state index >= 15 is 0 Å². The van der Waals surface area contributed by atoms with Gasteiger partial charge in [-0.15, -0.1) is 0 Å². The molecule has 1 aromatic rings. The largest absolute Gasteiger partial charge is 0.444 e. The van der Waals surface area contributed by atoms with Crippen molar-refractivity contribution in [2.24, 2.45) is 0 Å². The van der Waals surface area contributed by atoms with Crippen molar-refractivity contribution in [2.45, 2.75) is 45.0 Å². The SMILES string of the molecule is CC(C)(C)OC(=O)NC1Cc2ccccc2C(F)C1=O.[Ar]. The third kappa shape index (κ3) is 4.66. The maximum Gasteiger partial charge on any atom is 0.408 e. The Balaban J connectivity index is 0.00000220. The number of fused-ring (bicyclic) bond motifs is 1.